The Morgan fingerprint density at radius 2 is 1.68 bits per heavy atom. The zero-order valence-electron chi connectivity index (χ0n) is 18.0. The Bertz CT molecular complexity index is 1260. The van der Waals surface area contributed by atoms with Gasteiger partial charge in [0.2, 0.25) is 11.8 Å². The van der Waals surface area contributed by atoms with Gasteiger partial charge in [-0.25, -0.2) is 0 Å². The van der Waals surface area contributed by atoms with Crippen LogP contribution in [0.25, 0.3) is 23.6 Å². The quantitative estimate of drug-likeness (QED) is 0.236. The Labute approximate surface area is 202 Å². The van der Waals surface area contributed by atoms with Gasteiger partial charge in [-0.2, -0.15) is 8.78 Å². The van der Waals surface area contributed by atoms with Crippen molar-refractivity contribution >= 4 is 28.1 Å². The molecule has 0 saturated heterocycles. The van der Waals surface area contributed by atoms with E-state index in [-0.39, 0.29) is 11.6 Å². The van der Waals surface area contributed by atoms with Crippen molar-refractivity contribution in [1.82, 2.24) is 10.2 Å². The summed E-state index contributed by atoms with van der Waals surface area (Å²) in [5.41, 5.74) is 2.36. The fourth-order valence-electron chi connectivity index (χ4n) is 3.07. The van der Waals surface area contributed by atoms with E-state index in [1.165, 1.54) is 12.1 Å². The number of benzene rings is 3. The first-order valence-electron chi connectivity index (χ1n) is 10.1. The van der Waals surface area contributed by atoms with E-state index >= 15 is 0 Å². The average Bonchev–Trinajstić information content (AvgIpc) is 3.31. The Kier molecular flexibility index (Phi) is 7.54. The molecule has 3 aromatic carbocycles. The second kappa shape index (κ2) is 10.9. The first kappa shape index (κ1) is 23.4. The van der Waals surface area contributed by atoms with Crippen LogP contribution in [0.4, 0.5) is 8.78 Å². The Morgan fingerprint density at radius 3 is 2.38 bits per heavy atom. The highest BCUT2D eigenvalue weighted by Crippen LogP contribution is 2.25. The number of hydrogen-bond donors (Lipinski definition) is 0. The number of hydrogen-bond acceptors (Lipinski definition) is 6. The first-order valence-corrected chi connectivity index (χ1v) is 10.9. The number of nitrogens with zero attached hydrogens (tertiary/aromatic N) is 2. The van der Waals surface area contributed by atoms with E-state index in [1.54, 1.807) is 25.3 Å². The summed E-state index contributed by atoms with van der Waals surface area (Å²) in [6, 6.07) is 19.3. The Hall–Kier alpha value is -3.72. The number of aromatic nitrogens is 2. The van der Waals surface area contributed by atoms with Crippen LogP contribution in [0.1, 0.15) is 17.0 Å². The summed E-state index contributed by atoms with van der Waals surface area (Å²) in [4.78, 5) is 0. The van der Waals surface area contributed by atoms with Crippen molar-refractivity contribution in [3.8, 4) is 28.7 Å². The van der Waals surface area contributed by atoms with E-state index in [4.69, 9.17) is 13.9 Å². The summed E-state index contributed by atoms with van der Waals surface area (Å²) in [6.07, 6.45) is 3.52. The van der Waals surface area contributed by atoms with Crippen molar-refractivity contribution in [3.05, 3.63) is 88.2 Å². The summed E-state index contributed by atoms with van der Waals surface area (Å²) in [6.45, 7) is -2.54. The molecule has 0 aliphatic rings. The molecule has 4 aromatic rings. The lowest BCUT2D eigenvalue weighted by Crippen LogP contribution is -2.01. The molecule has 0 spiro atoms. The number of ether oxygens (including phenoxy) is 3. The molecular weight excluding hydrogens is 510 g/mol. The number of alkyl halides is 2. The fraction of sp³-hybridized carbons (Fsp3) is 0.120. The van der Waals surface area contributed by atoms with Crippen molar-refractivity contribution in [2.24, 2.45) is 0 Å². The van der Waals surface area contributed by atoms with Gasteiger partial charge >= 0.3 is 6.61 Å². The second-order valence-electron chi connectivity index (χ2n) is 7.00. The van der Waals surface area contributed by atoms with Gasteiger partial charge in [0, 0.05) is 21.7 Å². The van der Waals surface area contributed by atoms with E-state index in [2.05, 4.69) is 30.9 Å². The maximum atomic E-state index is 12.3. The van der Waals surface area contributed by atoms with Crippen LogP contribution in [0.5, 0.6) is 17.2 Å². The highest BCUT2D eigenvalue weighted by Gasteiger charge is 2.10. The summed E-state index contributed by atoms with van der Waals surface area (Å²) < 4.78 is 46.9. The van der Waals surface area contributed by atoms with Crippen LogP contribution in [-0.4, -0.2) is 23.9 Å². The van der Waals surface area contributed by atoms with Crippen LogP contribution in [0.15, 0.2) is 75.6 Å². The zero-order valence-corrected chi connectivity index (χ0v) is 19.5. The minimum absolute atomic E-state index is 0.0535. The van der Waals surface area contributed by atoms with Crippen LogP contribution < -0.4 is 14.2 Å². The average molecular weight is 529 g/mol. The molecule has 0 aliphatic heterocycles. The minimum Gasteiger partial charge on any atom is -0.496 e. The largest absolute Gasteiger partial charge is 0.496 e. The molecule has 34 heavy (non-hydrogen) atoms. The molecule has 0 N–H and O–H groups in total. The number of halogens is 3. The van der Waals surface area contributed by atoms with Gasteiger partial charge in [0.05, 0.1) is 7.11 Å². The topological polar surface area (TPSA) is 66.6 Å². The molecule has 1 heterocycles. The lowest BCUT2D eigenvalue weighted by molar-refractivity contribution is -0.0498. The van der Waals surface area contributed by atoms with Gasteiger partial charge in [0.25, 0.3) is 0 Å². The SMILES string of the molecule is COc1ccc(/C=C\c2nnc(-c3ccc(OC(F)F)cc3)o2)cc1COc1ccc(Br)cc1. The van der Waals surface area contributed by atoms with E-state index in [0.29, 0.717) is 23.8 Å². The number of methoxy groups -OCH3 is 1. The smallest absolute Gasteiger partial charge is 0.387 e. The van der Waals surface area contributed by atoms with Crippen LogP contribution >= 0.6 is 15.9 Å². The molecule has 0 unspecified atom stereocenters. The molecule has 9 heteroatoms. The van der Waals surface area contributed by atoms with E-state index < -0.39 is 6.61 Å². The van der Waals surface area contributed by atoms with Gasteiger partial charge in [-0.1, -0.05) is 22.0 Å². The third kappa shape index (κ3) is 6.20. The lowest BCUT2D eigenvalue weighted by Gasteiger charge is -2.11. The van der Waals surface area contributed by atoms with Gasteiger partial charge in [-0.05, 0) is 72.3 Å². The molecule has 174 valence electrons. The van der Waals surface area contributed by atoms with Crippen molar-refractivity contribution in [3.63, 3.8) is 0 Å². The molecule has 6 nitrogen and oxygen atoms in total. The van der Waals surface area contributed by atoms with E-state index in [1.807, 2.05) is 48.5 Å². The fourth-order valence-corrected chi connectivity index (χ4v) is 3.34. The van der Waals surface area contributed by atoms with Gasteiger partial charge in [-0.15, -0.1) is 10.2 Å². The standard InChI is InChI=1S/C25H19BrF2N2O4/c1-31-22-12-2-16(14-18(22)15-32-20-10-6-19(26)7-11-20)3-13-23-29-30-24(34-23)17-4-8-21(9-5-17)33-25(27)28/h2-14,25H,15H2,1H3/b13-3-. The van der Waals surface area contributed by atoms with E-state index in [9.17, 15) is 8.78 Å². The highest BCUT2D eigenvalue weighted by molar-refractivity contribution is 9.10. The summed E-state index contributed by atoms with van der Waals surface area (Å²) in [5.74, 6) is 2.08. The molecule has 0 fully saturated rings. The van der Waals surface area contributed by atoms with Crippen LogP contribution in [-0.2, 0) is 6.61 Å². The predicted molar refractivity (Wildman–Crippen MR) is 127 cm³/mol. The third-order valence-corrected chi connectivity index (χ3v) is 5.23. The zero-order chi connectivity index (χ0) is 23.9. The van der Waals surface area contributed by atoms with E-state index in [0.717, 1.165) is 21.3 Å². The monoisotopic (exact) mass is 528 g/mol. The van der Waals surface area contributed by atoms with Crippen LogP contribution in [0.2, 0.25) is 0 Å². The molecule has 4 rings (SSSR count). The van der Waals surface area contributed by atoms with Crippen molar-refractivity contribution in [2.45, 2.75) is 13.2 Å². The van der Waals surface area contributed by atoms with Gasteiger partial charge in [0.15, 0.2) is 0 Å². The minimum atomic E-state index is -2.88. The van der Waals surface area contributed by atoms with Crippen molar-refractivity contribution in [2.75, 3.05) is 7.11 Å². The Morgan fingerprint density at radius 1 is 0.941 bits per heavy atom. The third-order valence-electron chi connectivity index (χ3n) is 4.70. The first-order chi connectivity index (χ1) is 16.5. The second-order valence-corrected chi connectivity index (χ2v) is 7.91. The van der Waals surface area contributed by atoms with Gasteiger partial charge in [0.1, 0.15) is 23.9 Å². The molecule has 0 radical (unpaired) electrons. The van der Waals surface area contributed by atoms with Gasteiger partial charge in [-0.3, -0.25) is 0 Å². The normalized spacial score (nSPS) is 11.2. The maximum absolute atomic E-state index is 12.3. The van der Waals surface area contributed by atoms with Gasteiger partial charge < -0.3 is 18.6 Å². The molecule has 0 atom stereocenters. The van der Waals surface area contributed by atoms with Crippen molar-refractivity contribution in [1.29, 1.82) is 0 Å². The maximum Gasteiger partial charge on any atom is 0.387 e. The molecule has 1 aromatic heterocycles. The highest BCUT2D eigenvalue weighted by atomic mass is 79.9. The molecule has 0 bridgehead atoms. The molecule has 0 saturated carbocycles. The predicted octanol–water partition coefficient (Wildman–Crippen LogP) is 6.86. The lowest BCUT2D eigenvalue weighted by atomic mass is 10.1. The number of rotatable bonds is 9. The van der Waals surface area contributed by atoms with Crippen LogP contribution in [0, 0.1) is 0 Å². The molecule has 0 amide bonds. The summed E-state index contributed by atoms with van der Waals surface area (Å²) >= 11 is 3.41. The van der Waals surface area contributed by atoms with Crippen molar-refractivity contribution < 1.29 is 27.4 Å². The summed E-state index contributed by atoms with van der Waals surface area (Å²) in [7, 11) is 1.61. The molecular formula is C25H19BrF2N2O4. The van der Waals surface area contributed by atoms with Crippen LogP contribution in [0.3, 0.4) is 0 Å². The summed E-state index contributed by atoms with van der Waals surface area (Å²) in [5, 5.41) is 8.01. The Balaban J connectivity index is 1.44. The molecule has 0 aliphatic carbocycles.